The number of hydrogen-bond acceptors (Lipinski definition) is 24. The van der Waals surface area contributed by atoms with E-state index in [9.17, 15) is 42.7 Å². The molecule has 0 bridgehead atoms. The number of ether oxygens (including phenoxy) is 11. The van der Waals surface area contributed by atoms with Crippen LogP contribution in [0.2, 0.25) is 170 Å². The zero-order valence-corrected chi connectivity index (χ0v) is 69.5. The Balaban J connectivity index is -0.000000999. The number of cyclic esters (lactones) is 6. The van der Waals surface area contributed by atoms with Crippen molar-refractivity contribution in [3.8, 4) is 5.75 Å². The first kappa shape index (κ1) is 91.2. The average molecular weight is 1470 g/mol. The Bertz CT molecular complexity index is 2620. The van der Waals surface area contributed by atoms with Gasteiger partial charge in [-0.3, -0.25) is 0 Å². The quantitative estimate of drug-likeness (QED) is 0.0592. The summed E-state index contributed by atoms with van der Waals surface area (Å²) in [5, 5.41) is 1.07. The third-order valence-corrected chi connectivity index (χ3v) is 22.2. The van der Waals surface area contributed by atoms with Gasteiger partial charge in [-0.05, 0) is 115 Å². The molecule has 3 heterocycles. The summed E-state index contributed by atoms with van der Waals surface area (Å²) < 4.78 is 88.8. The summed E-state index contributed by atoms with van der Waals surface area (Å²) >= 11 is 0. The summed E-state index contributed by atoms with van der Waals surface area (Å²) in [5.41, 5.74) is 3.48. The fraction of sp³-hybridized carbons (Fsp3) is 0.593. The second kappa shape index (κ2) is 41.7. The topological polar surface area (TPSA) is 284 Å². The van der Waals surface area contributed by atoms with Crippen LogP contribution in [-0.4, -0.2) is 182 Å². The van der Waals surface area contributed by atoms with Crippen molar-refractivity contribution >= 4 is 128 Å². The molecule has 2 aromatic carbocycles. The predicted octanol–water partition coefficient (Wildman–Crippen LogP) is 16.5. The maximum absolute atomic E-state index is 12.8. The van der Waals surface area contributed by atoms with Crippen LogP contribution in [-0.2, 0) is 69.5 Å². The number of hydrogen-bond donors (Lipinski definition) is 0. The molecule has 4 unspecified atom stereocenters. The molecule has 0 N–H and O–H groups in total. The lowest BCUT2D eigenvalue weighted by atomic mass is 10.3. The SMILES string of the molecule is COC(=O)O/C=C/[Si](C)(C)C.COC(=O)O[Si](C)(C)C.COC(=O)O[Si](C)(C)c1ccccc1.C[Si](C)(C)/C=C\C1COC(=O)O1.C[Si](C)(C)C1COC(=O)O1.C[Si](C)(C)C1OC(=O)OC1F.C[Si](C)(C)OC(=O)O[Si](C)(C)C.C[Si](C)(C)OC(=O)Oc1ccccc1. The van der Waals surface area contributed by atoms with Crippen LogP contribution in [0.25, 0.3) is 0 Å². The minimum Gasteiger partial charge on any atom is -0.491 e. The summed E-state index contributed by atoms with van der Waals surface area (Å²) in [5.74, 6) is 0.510. The monoisotopic (exact) mass is 1470 g/mol. The molecular formula is C59H109FO24Si9. The molecule has 532 valence electrons. The molecule has 3 saturated heterocycles. The molecular weight excluding hydrogens is 1360 g/mol. The molecule has 5 rings (SSSR count). The lowest BCUT2D eigenvalue weighted by molar-refractivity contribution is 0.0491. The van der Waals surface area contributed by atoms with Crippen LogP contribution in [0, 0.1) is 0 Å². The van der Waals surface area contributed by atoms with Crippen LogP contribution in [0.3, 0.4) is 0 Å². The van der Waals surface area contributed by atoms with E-state index < -0.39 is 135 Å². The van der Waals surface area contributed by atoms with Gasteiger partial charge in [0.05, 0.1) is 51.8 Å². The van der Waals surface area contributed by atoms with E-state index in [-0.39, 0.29) is 11.8 Å². The summed E-state index contributed by atoms with van der Waals surface area (Å²) in [7, 11) is -10.9. The highest BCUT2D eigenvalue weighted by molar-refractivity contribution is 6.85. The van der Waals surface area contributed by atoms with Crippen molar-refractivity contribution in [3.63, 3.8) is 0 Å². The van der Waals surface area contributed by atoms with Crippen LogP contribution in [0.4, 0.5) is 42.7 Å². The minimum absolute atomic E-state index is 0.0556. The molecule has 0 aromatic heterocycles. The molecule has 0 aliphatic carbocycles. The smallest absolute Gasteiger partial charge is 0.491 e. The molecule has 3 fully saturated rings. The summed E-state index contributed by atoms with van der Waals surface area (Å²) in [6, 6.07) is 18.6. The van der Waals surface area contributed by atoms with E-state index in [1.807, 2.05) is 159 Å². The first-order valence-corrected chi connectivity index (χ1v) is 60.5. The highest BCUT2D eigenvalue weighted by Crippen LogP contribution is 2.25. The van der Waals surface area contributed by atoms with Gasteiger partial charge in [0.2, 0.25) is 0 Å². The van der Waals surface area contributed by atoms with Crippen LogP contribution in [0.15, 0.2) is 84.4 Å². The Morgan fingerprint density at radius 1 is 0.441 bits per heavy atom. The molecule has 0 radical (unpaired) electrons. The van der Waals surface area contributed by atoms with Gasteiger partial charge in [0.25, 0.3) is 47.9 Å². The summed E-state index contributed by atoms with van der Waals surface area (Å²) in [6.07, 6.45) is -3.30. The number of carbonyl (C=O) groups excluding carboxylic acids is 8. The maximum Gasteiger partial charge on any atom is 0.512 e. The van der Waals surface area contributed by atoms with Gasteiger partial charge in [0.15, 0.2) is 11.8 Å². The zero-order chi connectivity index (χ0) is 73.2. The Labute approximate surface area is 561 Å². The van der Waals surface area contributed by atoms with Crippen LogP contribution in [0.1, 0.15) is 0 Å². The second-order valence-corrected chi connectivity index (χ2v) is 71.3. The van der Waals surface area contributed by atoms with Crippen LogP contribution in [0.5, 0.6) is 5.75 Å². The standard InChI is InChI=1S/2C10H14O3Si.C8H14O3Si.C7H18O3Si2.C7H14O3Si.C6H11FO3Si.C6H12O3Si.C5H12O3Si/c1-14(2,3)13-10(11)12-9-7-5-4-6-8-9;1-12-10(11)13-14(2,3)9-7-5-4-6-8-9;1-12(2,3)5-4-7-6-10-8(9)11-7;1-11(2,3)9-7(8)10-12(4,5)6;1-9-7(8)10-5-6-11(2,3)4;1-11(2,3)5-4(7)9-6(8)10-5;1-10(2,3)5-4-8-6(7)9-5;1-7-5(6)8-9(2,3)4/h2*4-8H,1-3H3;4-5,7H,6H2,1-3H3;1-6H3;5-6H,1-4H3;4-5H,1-3H3;5H,4H2,1-3H3;1-4H3/b;;5-4-;;6-5+;;;. The Kier molecular flexibility index (Phi) is 40.9. The van der Waals surface area contributed by atoms with Crippen molar-refractivity contribution in [2.24, 2.45) is 0 Å². The predicted molar refractivity (Wildman–Crippen MR) is 379 cm³/mol. The number of benzene rings is 2. The van der Waals surface area contributed by atoms with E-state index in [4.69, 9.17) is 36.3 Å². The van der Waals surface area contributed by atoms with E-state index in [1.54, 1.807) is 24.3 Å². The van der Waals surface area contributed by atoms with Gasteiger partial charge in [0.1, 0.15) is 32.8 Å². The molecule has 34 heteroatoms. The molecule has 0 amide bonds. The third kappa shape index (κ3) is 54.0. The largest absolute Gasteiger partial charge is 0.512 e. The van der Waals surface area contributed by atoms with Gasteiger partial charge in [0, 0.05) is 0 Å². The van der Waals surface area contributed by atoms with Gasteiger partial charge < -0.3 is 74.2 Å². The normalized spacial score (nSPS) is 16.9. The lowest BCUT2D eigenvalue weighted by Crippen LogP contribution is -2.46. The van der Waals surface area contributed by atoms with E-state index >= 15 is 0 Å². The first-order chi connectivity index (χ1) is 41.9. The van der Waals surface area contributed by atoms with Gasteiger partial charge in [-0.15, -0.1) is 0 Å². The number of carbonyl (C=O) groups is 8. The third-order valence-electron chi connectivity index (χ3n) is 10.0. The highest BCUT2D eigenvalue weighted by Gasteiger charge is 2.45. The molecule has 3 aliphatic rings. The fourth-order valence-electron chi connectivity index (χ4n) is 5.65. The molecule has 4 atom stereocenters. The van der Waals surface area contributed by atoms with Crippen molar-refractivity contribution in [1.82, 2.24) is 0 Å². The summed E-state index contributed by atoms with van der Waals surface area (Å²) in [4.78, 5) is 85.6. The van der Waals surface area contributed by atoms with Gasteiger partial charge >= 0.3 is 49.2 Å². The molecule has 24 nitrogen and oxygen atoms in total. The Morgan fingerprint density at radius 2 is 0.839 bits per heavy atom. The van der Waals surface area contributed by atoms with Crippen LogP contribution >= 0.6 is 0 Å². The lowest BCUT2D eigenvalue weighted by Gasteiger charge is -2.22. The fourth-order valence-corrected chi connectivity index (χ4v) is 13.2. The number of halogens is 1. The van der Waals surface area contributed by atoms with Crippen molar-refractivity contribution < 1.29 is 117 Å². The summed E-state index contributed by atoms with van der Waals surface area (Å²) in [6.45, 7) is 53.3. The van der Waals surface area contributed by atoms with E-state index in [0.29, 0.717) is 19.0 Å². The zero-order valence-electron chi connectivity index (χ0n) is 60.5. The first-order valence-electron chi connectivity index (χ1n) is 29.7. The van der Waals surface area contributed by atoms with Crippen molar-refractivity contribution in [2.45, 2.75) is 194 Å². The van der Waals surface area contributed by atoms with Crippen LogP contribution < -0.4 is 9.92 Å². The molecule has 0 spiro atoms. The molecule has 0 saturated carbocycles. The van der Waals surface area contributed by atoms with E-state index in [0.717, 1.165) is 5.19 Å². The number of alkyl halides is 1. The molecule has 3 aliphatic heterocycles. The molecule has 93 heavy (non-hydrogen) atoms. The van der Waals surface area contributed by atoms with Crippen molar-refractivity contribution in [3.05, 3.63) is 84.4 Å². The Morgan fingerprint density at radius 3 is 1.15 bits per heavy atom. The second-order valence-electron chi connectivity index (χ2n) is 29.0. The van der Waals surface area contributed by atoms with E-state index in [2.05, 4.69) is 103 Å². The van der Waals surface area contributed by atoms with Gasteiger partial charge in [-0.2, -0.15) is 4.39 Å². The van der Waals surface area contributed by atoms with Gasteiger partial charge in [-0.1, -0.05) is 138 Å². The number of para-hydroxylation sites is 1. The van der Waals surface area contributed by atoms with Gasteiger partial charge in [-0.25, -0.2) is 38.4 Å². The van der Waals surface area contributed by atoms with E-state index in [1.165, 1.54) is 27.6 Å². The minimum atomic E-state index is -2.14. The number of methoxy groups -OCH3 is 3. The van der Waals surface area contributed by atoms with Crippen molar-refractivity contribution in [1.29, 1.82) is 0 Å². The molecule has 2 aromatic rings. The highest BCUT2D eigenvalue weighted by atomic mass is 28.4. The Hall–Kier alpha value is -6.04. The van der Waals surface area contributed by atoms with Crippen molar-refractivity contribution in [2.75, 3.05) is 34.5 Å². The number of rotatable bonds is 13. The average Bonchev–Trinajstić information content (AvgIpc) is 1.84. The maximum atomic E-state index is 12.8.